The number of rotatable bonds is 9. The number of amides is 1. The van der Waals surface area contributed by atoms with Crippen LogP contribution in [-0.4, -0.2) is 24.4 Å². The predicted molar refractivity (Wildman–Crippen MR) is 68.4 cm³/mol. The summed E-state index contributed by atoms with van der Waals surface area (Å²) in [5.41, 5.74) is 0. The Morgan fingerprint density at radius 1 is 1.06 bits per heavy atom. The Kier molecular flexibility index (Phi) is 6.51. The maximum Gasteiger partial charge on any atom is 0.227 e. The smallest absolute Gasteiger partial charge is 0.227 e. The van der Waals surface area contributed by atoms with Crippen LogP contribution in [0.15, 0.2) is 0 Å². The normalized spacial score (nSPS) is 20.0. The van der Waals surface area contributed by atoms with Gasteiger partial charge in [-0.15, -0.1) is 0 Å². The lowest BCUT2D eigenvalue weighted by Crippen LogP contribution is -2.49. The zero-order chi connectivity index (χ0) is 11.8. The molecule has 16 heavy (non-hydrogen) atoms. The van der Waals surface area contributed by atoms with Gasteiger partial charge in [0, 0.05) is 13.6 Å². The van der Waals surface area contributed by atoms with Gasteiger partial charge in [-0.2, -0.15) is 0 Å². The number of carbonyl (C=O) groups is 1. The number of nitrogens with zero attached hydrogens (tertiary/aromatic N) is 1. The van der Waals surface area contributed by atoms with Gasteiger partial charge < -0.3 is 4.90 Å². The molecule has 1 unspecified atom stereocenters. The fourth-order valence-corrected chi connectivity index (χ4v) is 2.44. The Bertz CT molecular complexity index is 203. The molecule has 1 rings (SSSR count). The molecule has 0 radical (unpaired) electrons. The van der Waals surface area contributed by atoms with Crippen LogP contribution >= 0.6 is 0 Å². The quantitative estimate of drug-likeness (QED) is 0.433. The highest BCUT2D eigenvalue weighted by Gasteiger charge is 2.32. The first kappa shape index (κ1) is 13.5. The van der Waals surface area contributed by atoms with Crippen LogP contribution in [0.5, 0.6) is 0 Å². The van der Waals surface area contributed by atoms with E-state index in [0.717, 1.165) is 13.0 Å². The summed E-state index contributed by atoms with van der Waals surface area (Å²) >= 11 is 0. The highest BCUT2D eigenvalue weighted by atomic mass is 16.2. The molecule has 0 aromatic heterocycles. The summed E-state index contributed by atoms with van der Waals surface area (Å²) in [4.78, 5) is 13.2. The second-order valence-corrected chi connectivity index (χ2v) is 5.18. The summed E-state index contributed by atoms with van der Waals surface area (Å²) in [7, 11) is 1.90. The summed E-state index contributed by atoms with van der Waals surface area (Å²) in [6.45, 7) is 3.25. The molecule has 2 nitrogen and oxygen atoms in total. The van der Waals surface area contributed by atoms with Gasteiger partial charge in [0.25, 0.3) is 0 Å². The summed E-state index contributed by atoms with van der Waals surface area (Å²) in [6, 6.07) is 0. The molecule has 0 bridgehead atoms. The summed E-state index contributed by atoms with van der Waals surface area (Å²) < 4.78 is 0. The van der Waals surface area contributed by atoms with Crippen molar-refractivity contribution < 1.29 is 4.79 Å². The first-order valence-electron chi connectivity index (χ1n) is 7.00. The maximum absolute atomic E-state index is 11.3. The van der Waals surface area contributed by atoms with Gasteiger partial charge >= 0.3 is 0 Å². The van der Waals surface area contributed by atoms with Gasteiger partial charge in [0.2, 0.25) is 5.91 Å². The van der Waals surface area contributed by atoms with Gasteiger partial charge in [-0.1, -0.05) is 58.3 Å². The van der Waals surface area contributed by atoms with Gasteiger partial charge in [-0.3, -0.25) is 4.79 Å². The van der Waals surface area contributed by atoms with Crippen LogP contribution in [-0.2, 0) is 4.79 Å². The van der Waals surface area contributed by atoms with Crippen LogP contribution in [0, 0.1) is 5.92 Å². The second kappa shape index (κ2) is 7.70. The van der Waals surface area contributed by atoms with E-state index in [-0.39, 0.29) is 0 Å². The molecule has 0 spiro atoms. The van der Waals surface area contributed by atoms with Gasteiger partial charge in [-0.05, 0) is 6.42 Å². The zero-order valence-corrected chi connectivity index (χ0v) is 11.0. The number of carbonyl (C=O) groups excluding carboxylic acids is 1. The van der Waals surface area contributed by atoms with Gasteiger partial charge in [0.1, 0.15) is 0 Å². The van der Waals surface area contributed by atoms with Crippen molar-refractivity contribution in [1.82, 2.24) is 4.90 Å². The fourth-order valence-electron chi connectivity index (χ4n) is 2.44. The van der Waals surface area contributed by atoms with Crippen molar-refractivity contribution in [2.45, 2.75) is 64.7 Å². The molecule has 1 atom stereocenters. The Morgan fingerprint density at radius 2 is 1.62 bits per heavy atom. The standard InChI is InChI=1S/C14H27NO/c1-3-4-5-6-7-8-9-10-11-13-12-15(2)14(13)16/h13H,3-12H2,1-2H3. The predicted octanol–water partition coefficient (Wildman–Crippen LogP) is 3.61. The van der Waals surface area contributed by atoms with E-state index >= 15 is 0 Å². The summed E-state index contributed by atoms with van der Waals surface area (Å²) in [5.74, 6) is 0.730. The lowest BCUT2D eigenvalue weighted by atomic mass is 9.93. The molecular weight excluding hydrogens is 198 g/mol. The van der Waals surface area contributed by atoms with Crippen LogP contribution in [0.1, 0.15) is 64.7 Å². The van der Waals surface area contributed by atoms with Crippen molar-refractivity contribution in [1.29, 1.82) is 0 Å². The van der Waals surface area contributed by atoms with E-state index in [9.17, 15) is 4.79 Å². The number of unbranched alkanes of at least 4 members (excludes halogenated alkanes) is 7. The van der Waals surface area contributed by atoms with Crippen molar-refractivity contribution in [2.24, 2.45) is 5.92 Å². The Balaban J connectivity index is 1.80. The van der Waals surface area contributed by atoms with Gasteiger partial charge in [0.15, 0.2) is 0 Å². The lowest BCUT2D eigenvalue weighted by molar-refractivity contribution is -0.145. The lowest BCUT2D eigenvalue weighted by Gasteiger charge is -2.35. The topological polar surface area (TPSA) is 20.3 Å². The first-order chi connectivity index (χ1) is 7.75. The third-order valence-corrected chi connectivity index (χ3v) is 3.63. The van der Waals surface area contributed by atoms with Crippen molar-refractivity contribution in [3.05, 3.63) is 0 Å². The first-order valence-corrected chi connectivity index (χ1v) is 7.00. The van der Waals surface area contributed by atoms with E-state index in [2.05, 4.69) is 6.92 Å². The number of β-lactam (4-membered cyclic amide) rings is 1. The molecular formula is C14H27NO. The van der Waals surface area contributed by atoms with Crippen LogP contribution in [0.2, 0.25) is 0 Å². The van der Waals surface area contributed by atoms with Gasteiger partial charge in [0.05, 0.1) is 5.92 Å². The molecule has 1 saturated heterocycles. The van der Waals surface area contributed by atoms with Crippen molar-refractivity contribution in [2.75, 3.05) is 13.6 Å². The molecule has 0 saturated carbocycles. The van der Waals surface area contributed by atoms with Crippen LogP contribution < -0.4 is 0 Å². The Hall–Kier alpha value is -0.530. The maximum atomic E-state index is 11.3. The largest absolute Gasteiger partial charge is 0.345 e. The molecule has 1 fully saturated rings. The summed E-state index contributed by atoms with van der Waals surface area (Å²) in [6.07, 6.45) is 12.0. The Morgan fingerprint density at radius 3 is 2.12 bits per heavy atom. The highest BCUT2D eigenvalue weighted by molar-refractivity contribution is 5.84. The number of hydrogen-bond donors (Lipinski definition) is 0. The van der Waals surface area contributed by atoms with E-state index in [1.807, 2.05) is 11.9 Å². The highest BCUT2D eigenvalue weighted by Crippen LogP contribution is 2.22. The number of hydrogen-bond acceptors (Lipinski definition) is 1. The fraction of sp³-hybridized carbons (Fsp3) is 0.929. The van der Waals surface area contributed by atoms with Crippen molar-refractivity contribution in [3.8, 4) is 0 Å². The third-order valence-electron chi connectivity index (χ3n) is 3.63. The minimum Gasteiger partial charge on any atom is -0.345 e. The monoisotopic (exact) mass is 225 g/mol. The molecule has 1 aliphatic heterocycles. The third kappa shape index (κ3) is 4.54. The van der Waals surface area contributed by atoms with E-state index < -0.39 is 0 Å². The molecule has 2 heteroatoms. The van der Waals surface area contributed by atoms with Crippen LogP contribution in [0.25, 0.3) is 0 Å². The summed E-state index contributed by atoms with van der Waals surface area (Å²) in [5, 5.41) is 0. The van der Waals surface area contributed by atoms with Crippen LogP contribution in [0.4, 0.5) is 0 Å². The molecule has 0 aromatic rings. The average Bonchev–Trinajstić information content (AvgIpc) is 2.30. The molecule has 1 aliphatic rings. The van der Waals surface area contributed by atoms with Gasteiger partial charge in [-0.25, -0.2) is 0 Å². The SMILES string of the molecule is CCCCCCCCCCC1CN(C)C1=O. The average molecular weight is 225 g/mol. The van der Waals surface area contributed by atoms with E-state index in [0.29, 0.717) is 11.8 Å². The van der Waals surface area contributed by atoms with Crippen LogP contribution in [0.3, 0.4) is 0 Å². The molecule has 0 N–H and O–H groups in total. The van der Waals surface area contributed by atoms with E-state index in [1.54, 1.807) is 0 Å². The minimum atomic E-state index is 0.364. The molecule has 94 valence electrons. The van der Waals surface area contributed by atoms with Crippen molar-refractivity contribution in [3.63, 3.8) is 0 Å². The second-order valence-electron chi connectivity index (χ2n) is 5.18. The van der Waals surface area contributed by atoms with E-state index in [1.165, 1.54) is 51.4 Å². The molecule has 0 aromatic carbocycles. The zero-order valence-electron chi connectivity index (χ0n) is 11.0. The van der Waals surface area contributed by atoms with Crippen molar-refractivity contribution >= 4 is 5.91 Å². The molecule has 0 aliphatic carbocycles. The number of likely N-dealkylation sites (tertiary alicyclic amines) is 1. The van der Waals surface area contributed by atoms with E-state index in [4.69, 9.17) is 0 Å². The molecule has 1 heterocycles. The molecule has 1 amide bonds. The Labute approximate surface area is 100 Å². The minimum absolute atomic E-state index is 0.364.